The van der Waals surface area contributed by atoms with Gasteiger partial charge in [-0.1, -0.05) is 24.3 Å². The Labute approximate surface area is 109 Å². The lowest BCUT2D eigenvalue weighted by molar-refractivity contribution is 0.1000. The molecule has 1 heterocycles. The number of likely N-dealkylation sites (tertiary alicyclic amines) is 1. The van der Waals surface area contributed by atoms with Gasteiger partial charge < -0.3 is 10.6 Å². The Bertz CT molecular complexity index is 417. The molecule has 1 aromatic carbocycles. The number of nitrogens with two attached hydrogens (primary N) is 1. The van der Waals surface area contributed by atoms with Crippen LogP contribution < -0.4 is 5.73 Å². The summed E-state index contributed by atoms with van der Waals surface area (Å²) in [6.45, 7) is 2.36. The fourth-order valence-electron chi connectivity index (χ4n) is 2.77. The van der Waals surface area contributed by atoms with Crippen LogP contribution in [0.3, 0.4) is 0 Å². The van der Waals surface area contributed by atoms with Crippen molar-refractivity contribution >= 4 is 5.78 Å². The minimum atomic E-state index is 0.0585. The average molecular weight is 246 g/mol. The second-order valence-electron chi connectivity index (χ2n) is 5.15. The first-order valence-electron chi connectivity index (χ1n) is 6.73. The summed E-state index contributed by atoms with van der Waals surface area (Å²) in [4.78, 5) is 14.3. The van der Waals surface area contributed by atoms with Crippen molar-refractivity contribution in [1.29, 1.82) is 0 Å². The van der Waals surface area contributed by atoms with Gasteiger partial charge in [-0.05, 0) is 50.9 Å². The van der Waals surface area contributed by atoms with E-state index in [0.717, 1.165) is 25.1 Å². The SMILES string of the molecule is CN1CCCC(c2ccccc2C(=O)CN)CC1. The molecule has 1 fully saturated rings. The number of hydrogen-bond donors (Lipinski definition) is 1. The fourth-order valence-corrected chi connectivity index (χ4v) is 2.77. The zero-order valence-corrected chi connectivity index (χ0v) is 11.1. The number of Topliss-reactive ketones (excluding diaryl/α,β-unsaturated/α-hetero) is 1. The van der Waals surface area contributed by atoms with E-state index in [4.69, 9.17) is 5.73 Å². The zero-order chi connectivity index (χ0) is 13.0. The molecule has 1 unspecified atom stereocenters. The first-order valence-corrected chi connectivity index (χ1v) is 6.73. The first kappa shape index (κ1) is 13.2. The molecule has 1 atom stereocenters. The van der Waals surface area contributed by atoms with Gasteiger partial charge in [-0.3, -0.25) is 4.79 Å². The van der Waals surface area contributed by atoms with Crippen LogP contribution in [0, 0.1) is 0 Å². The monoisotopic (exact) mass is 246 g/mol. The topological polar surface area (TPSA) is 46.3 Å². The summed E-state index contributed by atoms with van der Waals surface area (Å²) < 4.78 is 0. The summed E-state index contributed by atoms with van der Waals surface area (Å²) >= 11 is 0. The third kappa shape index (κ3) is 2.98. The summed E-state index contributed by atoms with van der Waals surface area (Å²) in [5.41, 5.74) is 7.52. The van der Waals surface area contributed by atoms with Crippen LogP contribution in [0.4, 0.5) is 0 Å². The van der Waals surface area contributed by atoms with Gasteiger partial charge in [-0.15, -0.1) is 0 Å². The molecule has 18 heavy (non-hydrogen) atoms. The van der Waals surface area contributed by atoms with Crippen LogP contribution in [0.25, 0.3) is 0 Å². The van der Waals surface area contributed by atoms with Crippen LogP contribution >= 0.6 is 0 Å². The molecular weight excluding hydrogens is 224 g/mol. The Morgan fingerprint density at radius 2 is 2.11 bits per heavy atom. The normalized spacial score (nSPS) is 21.6. The van der Waals surface area contributed by atoms with Crippen molar-refractivity contribution in [2.75, 3.05) is 26.7 Å². The summed E-state index contributed by atoms with van der Waals surface area (Å²) in [7, 11) is 2.17. The number of hydrogen-bond acceptors (Lipinski definition) is 3. The van der Waals surface area contributed by atoms with E-state index in [2.05, 4.69) is 18.0 Å². The van der Waals surface area contributed by atoms with Gasteiger partial charge >= 0.3 is 0 Å². The number of carbonyl (C=O) groups is 1. The molecule has 0 amide bonds. The molecule has 0 aromatic heterocycles. The van der Waals surface area contributed by atoms with E-state index >= 15 is 0 Å². The molecule has 3 heteroatoms. The average Bonchev–Trinajstić information content (AvgIpc) is 2.62. The maximum Gasteiger partial charge on any atom is 0.176 e. The Hall–Kier alpha value is -1.19. The summed E-state index contributed by atoms with van der Waals surface area (Å²) in [5, 5.41) is 0. The summed E-state index contributed by atoms with van der Waals surface area (Å²) in [6, 6.07) is 7.96. The molecule has 0 spiro atoms. The molecule has 0 bridgehead atoms. The molecule has 2 rings (SSSR count). The molecular formula is C15H22N2O. The van der Waals surface area contributed by atoms with Crippen LogP contribution in [0.5, 0.6) is 0 Å². The van der Waals surface area contributed by atoms with Crippen molar-refractivity contribution in [1.82, 2.24) is 4.90 Å². The molecule has 1 aliphatic rings. The standard InChI is InChI=1S/C15H22N2O/c1-17-9-4-5-12(8-10-17)13-6-2-3-7-14(13)15(18)11-16/h2-3,6-7,12H,4-5,8-11,16H2,1H3. The van der Waals surface area contributed by atoms with E-state index < -0.39 is 0 Å². The molecule has 3 nitrogen and oxygen atoms in total. The highest BCUT2D eigenvalue weighted by atomic mass is 16.1. The van der Waals surface area contributed by atoms with Crippen LogP contribution in [0.2, 0.25) is 0 Å². The maximum absolute atomic E-state index is 11.9. The summed E-state index contributed by atoms with van der Waals surface area (Å²) in [6.07, 6.45) is 3.50. The van der Waals surface area contributed by atoms with E-state index in [1.165, 1.54) is 18.4 Å². The van der Waals surface area contributed by atoms with Gasteiger partial charge in [0.1, 0.15) is 0 Å². The lowest BCUT2D eigenvalue weighted by Crippen LogP contribution is -2.19. The largest absolute Gasteiger partial charge is 0.324 e. The van der Waals surface area contributed by atoms with Crippen LogP contribution in [0.1, 0.15) is 41.1 Å². The van der Waals surface area contributed by atoms with Crippen molar-refractivity contribution in [3.8, 4) is 0 Å². The number of carbonyl (C=O) groups excluding carboxylic acids is 1. The van der Waals surface area contributed by atoms with Gasteiger partial charge in [-0.25, -0.2) is 0 Å². The zero-order valence-electron chi connectivity index (χ0n) is 11.1. The third-order valence-electron chi connectivity index (χ3n) is 3.84. The van der Waals surface area contributed by atoms with E-state index in [1.54, 1.807) is 0 Å². The van der Waals surface area contributed by atoms with Crippen LogP contribution in [-0.2, 0) is 0 Å². The van der Waals surface area contributed by atoms with Crippen molar-refractivity contribution in [2.24, 2.45) is 5.73 Å². The van der Waals surface area contributed by atoms with Crippen molar-refractivity contribution in [2.45, 2.75) is 25.2 Å². The molecule has 98 valence electrons. The predicted molar refractivity (Wildman–Crippen MR) is 73.9 cm³/mol. The molecule has 0 radical (unpaired) electrons. The first-order chi connectivity index (χ1) is 8.72. The van der Waals surface area contributed by atoms with Crippen molar-refractivity contribution in [3.63, 3.8) is 0 Å². The van der Waals surface area contributed by atoms with E-state index in [-0.39, 0.29) is 12.3 Å². The number of benzene rings is 1. The number of ketones is 1. The van der Waals surface area contributed by atoms with Gasteiger partial charge in [0.15, 0.2) is 5.78 Å². The molecule has 1 aromatic rings. The van der Waals surface area contributed by atoms with Crippen molar-refractivity contribution < 1.29 is 4.79 Å². The lowest BCUT2D eigenvalue weighted by Gasteiger charge is -2.18. The maximum atomic E-state index is 11.9. The van der Waals surface area contributed by atoms with Gasteiger partial charge in [-0.2, -0.15) is 0 Å². The Balaban J connectivity index is 2.24. The minimum Gasteiger partial charge on any atom is -0.324 e. The van der Waals surface area contributed by atoms with Gasteiger partial charge in [0.2, 0.25) is 0 Å². The van der Waals surface area contributed by atoms with E-state index in [1.807, 2.05) is 18.2 Å². The molecule has 0 saturated carbocycles. The Morgan fingerprint density at radius 3 is 2.89 bits per heavy atom. The van der Waals surface area contributed by atoms with E-state index in [0.29, 0.717) is 5.92 Å². The fraction of sp³-hybridized carbons (Fsp3) is 0.533. The highest BCUT2D eigenvalue weighted by molar-refractivity contribution is 5.99. The van der Waals surface area contributed by atoms with Gasteiger partial charge in [0.05, 0.1) is 6.54 Å². The van der Waals surface area contributed by atoms with Gasteiger partial charge in [0.25, 0.3) is 0 Å². The molecule has 0 aliphatic carbocycles. The quantitative estimate of drug-likeness (QED) is 0.830. The van der Waals surface area contributed by atoms with Crippen LogP contribution in [-0.4, -0.2) is 37.4 Å². The summed E-state index contributed by atoms with van der Waals surface area (Å²) in [5.74, 6) is 0.560. The second kappa shape index (κ2) is 6.12. The molecule has 1 aliphatic heterocycles. The van der Waals surface area contributed by atoms with E-state index in [9.17, 15) is 4.79 Å². The number of nitrogens with zero attached hydrogens (tertiary/aromatic N) is 1. The smallest absolute Gasteiger partial charge is 0.176 e. The van der Waals surface area contributed by atoms with Crippen LogP contribution in [0.15, 0.2) is 24.3 Å². The second-order valence-corrected chi connectivity index (χ2v) is 5.15. The minimum absolute atomic E-state index is 0.0585. The molecule has 1 saturated heterocycles. The predicted octanol–water partition coefficient (Wildman–Crippen LogP) is 2.03. The van der Waals surface area contributed by atoms with Gasteiger partial charge in [0, 0.05) is 5.56 Å². The Kier molecular flexibility index (Phi) is 4.50. The highest BCUT2D eigenvalue weighted by Crippen LogP contribution is 2.30. The third-order valence-corrected chi connectivity index (χ3v) is 3.84. The Morgan fingerprint density at radius 1 is 1.33 bits per heavy atom. The number of rotatable bonds is 3. The highest BCUT2D eigenvalue weighted by Gasteiger charge is 2.20. The lowest BCUT2D eigenvalue weighted by atomic mass is 9.87. The van der Waals surface area contributed by atoms with Crippen molar-refractivity contribution in [3.05, 3.63) is 35.4 Å². The molecule has 2 N–H and O–H groups in total.